The number of carbonyl (C=O) groups is 1. The summed E-state index contributed by atoms with van der Waals surface area (Å²) < 4.78 is 1.71. The quantitative estimate of drug-likeness (QED) is 0.615. The number of nitrogens with zero attached hydrogens (tertiary/aromatic N) is 3. The van der Waals surface area contributed by atoms with E-state index in [-0.39, 0.29) is 23.1 Å². The van der Waals surface area contributed by atoms with Crippen LogP contribution in [0.5, 0.6) is 0 Å². The van der Waals surface area contributed by atoms with Crippen LogP contribution in [-0.2, 0) is 10.5 Å². The highest BCUT2D eigenvalue weighted by Crippen LogP contribution is 2.25. The molecule has 3 aromatic rings. The van der Waals surface area contributed by atoms with Crippen LogP contribution >= 0.6 is 11.8 Å². The van der Waals surface area contributed by atoms with E-state index in [4.69, 9.17) is 0 Å². The van der Waals surface area contributed by atoms with Crippen molar-refractivity contribution in [3.63, 3.8) is 0 Å². The SMILES string of the molecule is CC(NC(=O)C(SCc1ccccc1)C(C)C)c1ccc(-n2cncn2)cc1. The second-order valence-electron chi connectivity index (χ2n) is 7.12. The monoisotopic (exact) mass is 394 g/mol. The zero-order chi connectivity index (χ0) is 19.9. The number of nitrogens with one attached hydrogen (secondary N) is 1. The van der Waals surface area contributed by atoms with Crippen molar-refractivity contribution in [3.8, 4) is 5.69 Å². The summed E-state index contributed by atoms with van der Waals surface area (Å²) in [6.07, 6.45) is 3.17. The maximum Gasteiger partial charge on any atom is 0.233 e. The van der Waals surface area contributed by atoms with E-state index in [9.17, 15) is 4.79 Å². The lowest BCUT2D eigenvalue weighted by atomic mass is 10.1. The van der Waals surface area contributed by atoms with Gasteiger partial charge in [0, 0.05) is 5.75 Å². The number of carbonyl (C=O) groups excluding carboxylic acids is 1. The van der Waals surface area contributed by atoms with Gasteiger partial charge in [-0.05, 0) is 36.1 Å². The Hall–Kier alpha value is -2.60. The molecule has 2 atom stereocenters. The standard InChI is InChI=1S/C22H26N4OS/c1-16(2)21(28-13-18-7-5-4-6-8-18)22(27)25-17(3)19-9-11-20(12-10-19)26-15-23-14-24-26/h4-12,14-17,21H,13H2,1-3H3,(H,25,27). The molecule has 3 rings (SSSR count). The fourth-order valence-electron chi connectivity index (χ4n) is 2.97. The van der Waals surface area contributed by atoms with Gasteiger partial charge < -0.3 is 5.32 Å². The number of hydrogen-bond acceptors (Lipinski definition) is 4. The number of rotatable bonds is 8. The summed E-state index contributed by atoms with van der Waals surface area (Å²) in [5, 5.41) is 7.22. The average molecular weight is 395 g/mol. The number of aromatic nitrogens is 3. The average Bonchev–Trinajstić information content (AvgIpc) is 3.23. The first-order valence-electron chi connectivity index (χ1n) is 9.45. The molecule has 0 aliphatic carbocycles. The molecular weight excluding hydrogens is 368 g/mol. The lowest BCUT2D eigenvalue weighted by Crippen LogP contribution is -2.37. The minimum atomic E-state index is -0.0860. The maximum atomic E-state index is 12.9. The highest BCUT2D eigenvalue weighted by atomic mass is 32.2. The predicted octanol–water partition coefficient (Wildman–Crippen LogP) is 4.40. The van der Waals surface area contributed by atoms with E-state index in [1.165, 1.54) is 11.9 Å². The van der Waals surface area contributed by atoms with E-state index < -0.39 is 0 Å². The van der Waals surface area contributed by atoms with Crippen molar-refractivity contribution < 1.29 is 4.79 Å². The van der Waals surface area contributed by atoms with Crippen LogP contribution in [0.1, 0.15) is 37.9 Å². The second kappa shape index (κ2) is 9.55. The topological polar surface area (TPSA) is 59.8 Å². The van der Waals surface area contributed by atoms with Crippen molar-refractivity contribution in [2.45, 2.75) is 37.8 Å². The minimum absolute atomic E-state index is 0.0594. The van der Waals surface area contributed by atoms with Crippen molar-refractivity contribution in [2.24, 2.45) is 5.92 Å². The normalized spacial score (nSPS) is 13.3. The van der Waals surface area contributed by atoms with E-state index >= 15 is 0 Å². The molecule has 0 saturated heterocycles. The highest BCUT2D eigenvalue weighted by Gasteiger charge is 2.24. The van der Waals surface area contributed by atoms with Crippen molar-refractivity contribution in [3.05, 3.63) is 78.4 Å². The molecule has 5 nitrogen and oxygen atoms in total. The number of thioether (sulfide) groups is 1. The van der Waals surface area contributed by atoms with Crippen LogP contribution in [0.15, 0.2) is 67.3 Å². The third-order valence-corrected chi connectivity index (χ3v) is 6.19. The van der Waals surface area contributed by atoms with E-state index in [0.717, 1.165) is 17.0 Å². The molecule has 2 unspecified atom stereocenters. The highest BCUT2D eigenvalue weighted by molar-refractivity contribution is 7.99. The van der Waals surface area contributed by atoms with Gasteiger partial charge in [0.25, 0.3) is 0 Å². The Morgan fingerprint density at radius 2 is 1.79 bits per heavy atom. The summed E-state index contributed by atoms with van der Waals surface area (Å²) in [5.74, 6) is 1.18. The first kappa shape index (κ1) is 20.1. The van der Waals surface area contributed by atoms with E-state index in [1.54, 1.807) is 22.8 Å². The Morgan fingerprint density at radius 3 is 2.39 bits per heavy atom. The first-order valence-corrected chi connectivity index (χ1v) is 10.5. The van der Waals surface area contributed by atoms with Crippen LogP contribution in [0.25, 0.3) is 5.69 Å². The minimum Gasteiger partial charge on any atom is -0.349 e. The molecule has 0 spiro atoms. The number of amides is 1. The van der Waals surface area contributed by atoms with Gasteiger partial charge in [0.05, 0.1) is 17.0 Å². The molecule has 0 aliphatic heterocycles. The Balaban J connectivity index is 1.60. The first-order chi connectivity index (χ1) is 13.5. The third kappa shape index (κ3) is 5.23. The molecular formula is C22H26N4OS. The van der Waals surface area contributed by atoms with Gasteiger partial charge in [-0.15, -0.1) is 11.8 Å². The summed E-state index contributed by atoms with van der Waals surface area (Å²) in [6.45, 7) is 6.21. The zero-order valence-electron chi connectivity index (χ0n) is 16.4. The van der Waals surface area contributed by atoms with Gasteiger partial charge in [-0.1, -0.05) is 56.3 Å². The maximum absolute atomic E-state index is 12.9. The van der Waals surface area contributed by atoms with Crippen LogP contribution in [-0.4, -0.2) is 25.9 Å². The van der Waals surface area contributed by atoms with Crippen LogP contribution in [0.3, 0.4) is 0 Å². The van der Waals surface area contributed by atoms with Gasteiger partial charge in [-0.25, -0.2) is 9.67 Å². The van der Waals surface area contributed by atoms with Gasteiger partial charge in [0.1, 0.15) is 12.7 Å². The van der Waals surface area contributed by atoms with E-state index in [1.807, 2.05) is 49.4 Å². The van der Waals surface area contributed by atoms with Crippen LogP contribution in [0.2, 0.25) is 0 Å². The molecule has 0 radical (unpaired) electrons. The van der Waals surface area contributed by atoms with Gasteiger partial charge >= 0.3 is 0 Å². The second-order valence-corrected chi connectivity index (χ2v) is 8.25. The van der Waals surface area contributed by atoms with Gasteiger partial charge in [-0.2, -0.15) is 5.10 Å². The number of hydrogen-bond donors (Lipinski definition) is 1. The fraction of sp³-hybridized carbons (Fsp3) is 0.318. The summed E-state index contributed by atoms with van der Waals surface area (Å²) in [5.41, 5.74) is 3.24. The smallest absolute Gasteiger partial charge is 0.233 e. The Morgan fingerprint density at radius 1 is 1.07 bits per heavy atom. The van der Waals surface area contributed by atoms with Gasteiger partial charge in [-0.3, -0.25) is 4.79 Å². The molecule has 1 aromatic heterocycles. The molecule has 0 bridgehead atoms. The van der Waals surface area contributed by atoms with Crippen LogP contribution in [0, 0.1) is 5.92 Å². The molecule has 1 heterocycles. The Bertz CT molecular complexity index is 863. The molecule has 1 amide bonds. The molecule has 6 heteroatoms. The molecule has 0 saturated carbocycles. The molecule has 2 aromatic carbocycles. The molecule has 28 heavy (non-hydrogen) atoms. The molecule has 146 valence electrons. The van der Waals surface area contributed by atoms with Gasteiger partial charge in [0.2, 0.25) is 5.91 Å². The van der Waals surface area contributed by atoms with Gasteiger partial charge in [0.15, 0.2) is 0 Å². The van der Waals surface area contributed by atoms with Crippen molar-refractivity contribution >= 4 is 17.7 Å². The van der Waals surface area contributed by atoms with Crippen LogP contribution in [0.4, 0.5) is 0 Å². The van der Waals surface area contributed by atoms with Crippen molar-refractivity contribution in [1.29, 1.82) is 0 Å². The van der Waals surface area contributed by atoms with E-state index in [2.05, 4.69) is 41.4 Å². The molecule has 1 N–H and O–H groups in total. The Kier molecular flexibility index (Phi) is 6.87. The summed E-state index contributed by atoms with van der Waals surface area (Å²) in [4.78, 5) is 16.9. The van der Waals surface area contributed by atoms with Crippen LogP contribution < -0.4 is 5.32 Å². The molecule has 0 fully saturated rings. The van der Waals surface area contributed by atoms with Crippen molar-refractivity contribution in [2.75, 3.05) is 0 Å². The van der Waals surface area contributed by atoms with E-state index in [0.29, 0.717) is 0 Å². The fourth-order valence-corrected chi connectivity index (χ4v) is 4.14. The lowest BCUT2D eigenvalue weighted by Gasteiger charge is -2.23. The Labute approximate surface area is 170 Å². The lowest BCUT2D eigenvalue weighted by molar-refractivity contribution is -0.121. The van der Waals surface area contributed by atoms with Crippen molar-refractivity contribution in [1.82, 2.24) is 20.1 Å². The predicted molar refractivity (Wildman–Crippen MR) is 114 cm³/mol. The zero-order valence-corrected chi connectivity index (χ0v) is 17.3. The number of benzene rings is 2. The summed E-state index contributed by atoms with van der Waals surface area (Å²) in [6, 6.07) is 18.2. The largest absolute Gasteiger partial charge is 0.349 e. The molecule has 0 aliphatic rings. The summed E-state index contributed by atoms with van der Waals surface area (Å²) >= 11 is 1.70. The third-order valence-electron chi connectivity index (χ3n) is 4.57. The summed E-state index contributed by atoms with van der Waals surface area (Å²) in [7, 11) is 0.